The summed E-state index contributed by atoms with van der Waals surface area (Å²) in [6.07, 6.45) is 6.63. The molecule has 1 aromatic carbocycles. The molecule has 126 valence electrons. The summed E-state index contributed by atoms with van der Waals surface area (Å²) >= 11 is 0. The third-order valence-electron chi connectivity index (χ3n) is 5.58. The van der Waals surface area contributed by atoms with Crippen LogP contribution in [-0.4, -0.2) is 22.4 Å². The van der Waals surface area contributed by atoms with Gasteiger partial charge in [-0.1, -0.05) is 12.8 Å². The molecule has 0 spiro atoms. The molecule has 3 atom stereocenters. The summed E-state index contributed by atoms with van der Waals surface area (Å²) in [5.74, 6) is 0.0567. The number of fused-ring (bicyclic) bond motifs is 2. The summed E-state index contributed by atoms with van der Waals surface area (Å²) < 4.78 is 2.05. The first-order valence-corrected chi connectivity index (χ1v) is 8.77. The van der Waals surface area contributed by atoms with Gasteiger partial charge in [-0.2, -0.15) is 0 Å². The van der Waals surface area contributed by atoms with E-state index in [4.69, 9.17) is 0 Å². The number of aryl methyl sites for hydroxylation is 1. The largest absolute Gasteiger partial charge is 0.353 e. The topological polar surface area (TPSA) is 63.1 Å². The zero-order valence-corrected chi connectivity index (χ0v) is 13.9. The summed E-state index contributed by atoms with van der Waals surface area (Å²) in [6, 6.07) is 8.15. The average molecular weight is 325 g/mol. The fourth-order valence-electron chi connectivity index (χ4n) is 4.32. The number of rotatable bonds is 2. The van der Waals surface area contributed by atoms with Gasteiger partial charge < -0.3 is 15.2 Å². The molecule has 5 heteroatoms. The maximum Gasteiger partial charge on any atom is 0.228 e. The second kappa shape index (κ2) is 5.96. The number of nitrogens with one attached hydrogen (secondary N) is 2. The van der Waals surface area contributed by atoms with Gasteiger partial charge in [-0.05, 0) is 43.0 Å². The maximum absolute atomic E-state index is 12.8. The van der Waals surface area contributed by atoms with Gasteiger partial charge in [0.1, 0.15) is 0 Å². The van der Waals surface area contributed by atoms with Crippen LogP contribution in [0.15, 0.2) is 30.5 Å². The standard InChI is InChI=1S/C19H23N3O2/c1-22-9-8-12-10-13(6-7-17(12)22)20-19(24)15-11-18(23)21-16-5-3-2-4-14(15)16/h6-10,14-16H,2-5,11H2,1H3,(H,20,24)(H,21,23). The summed E-state index contributed by atoms with van der Waals surface area (Å²) in [6.45, 7) is 0. The number of amides is 2. The van der Waals surface area contributed by atoms with Crippen LogP contribution in [0.2, 0.25) is 0 Å². The minimum Gasteiger partial charge on any atom is -0.353 e. The first kappa shape index (κ1) is 15.2. The highest BCUT2D eigenvalue weighted by atomic mass is 16.2. The number of aromatic nitrogens is 1. The van der Waals surface area contributed by atoms with Crippen LogP contribution in [0.3, 0.4) is 0 Å². The van der Waals surface area contributed by atoms with Gasteiger partial charge in [0, 0.05) is 42.3 Å². The van der Waals surface area contributed by atoms with Crippen LogP contribution in [-0.2, 0) is 16.6 Å². The number of nitrogens with zero attached hydrogens (tertiary/aromatic N) is 1. The minimum absolute atomic E-state index is 0.0109. The fourth-order valence-corrected chi connectivity index (χ4v) is 4.32. The van der Waals surface area contributed by atoms with Crippen molar-refractivity contribution in [2.75, 3.05) is 5.32 Å². The molecule has 4 rings (SSSR count). The van der Waals surface area contributed by atoms with Gasteiger partial charge in [-0.15, -0.1) is 0 Å². The Balaban J connectivity index is 1.54. The van der Waals surface area contributed by atoms with E-state index in [1.54, 1.807) is 0 Å². The van der Waals surface area contributed by atoms with Crippen molar-refractivity contribution in [2.24, 2.45) is 18.9 Å². The van der Waals surface area contributed by atoms with Crippen LogP contribution >= 0.6 is 0 Å². The number of hydrogen-bond donors (Lipinski definition) is 2. The molecule has 2 N–H and O–H groups in total. The van der Waals surface area contributed by atoms with Crippen LogP contribution in [0.4, 0.5) is 5.69 Å². The van der Waals surface area contributed by atoms with Gasteiger partial charge in [-0.3, -0.25) is 9.59 Å². The van der Waals surface area contributed by atoms with Crippen molar-refractivity contribution < 1.29 is 9.59 Å². The molecule has 2 fully saturated rings. The van der Waals surface area contributed by atoms with Crippen LogP contribution in [0.5, 0.6) is 0 Å². The summed E-state index contributed by atoms with van der Waals surface area (Å²) in [4.78, 5) is 24.8. The van der Waals surface area contributed by atoms with Crippen molar-refractivity contribution in [1.29, 1.82) is 0 Å². The van der Waals surface area contributed by atoms with Gasteiger partial charge in [0.25, 0.3) is 0 Å². The maximum atomic E-state index is 12.8. The van der Waals surface area contributed by atoms with E-state index >= 15 is 0 Å². The highest BCUT2D eigenvalue weighted by Crippen LogP contribution is 2.36. The lowest BCUT2D eigenvalue weighted by atomic mass is 9.72. The zero-order valence-electron chi connectivity index (χ0n) is 13.9. The normalized spacial score (nSPS) is 26.7. The van der Waals surface area contributed by atoms with E-state index in [0.29, 0.717) is 6.42 Å². The number of hydrogen-bond acceptors (Lipinski definition) is 2. The van der Waals surface area contributed by atoms with E-state index in [0.717, 1.165) is 42.3 Å². The molecule has 24 heavy (non-hydrogen) atoms. The summed E-state index contributed by atoms with van der Waals surface area (Å²) in [5.41, 5.74) is 1.94. The highest BCUT2D eigenvalue weighted by Gasteiger charge is 2.41. The first-order valence-electron chi connectivity index (χ1n) is 8.77. The molecule has 1 aromatic heterocycles. The molecular formula is C19H23N3O2. The van der Waals surface area contributed by atoms with Crippen molar-refractivity contribution in [2.45, 2.75) is 38.1 Å². The number of carbonyl (C=O) groups is 2. The Morgan fingerprint density at radius 1 is 1.25 bits per heavy atom. The third kappa shape index (κ3) is 2.68. The summed E-state index contributed by atoms with van der Waals surface area (Å²) in [7, 11) is 2.00. The molecule has 2 amide bonds. The Kier molecular flexibility index (Phi) is 3.79. The summed E-state index contributed by atoms with van der Waals surface area (Å²) in [5, 5.41) is 7.21. The van der Waals surface area contributed by atoms with Crippen LogP contribution in [0.25, 0.3) is 10.9 Å². The van der Waals surface area contributed by atoms with E-state index < -0.39 is 0 Å². The number of piperidine rings is 1. The smallest absolute Gasteiger partial charge is 0.228 e. The number of benzene rings is 1. The number of carbonyl (C=O) groups excluding carboxylic acids is 2. The minimum atomic E-state index is -0.212. The van der Waals surface area contributed by atoms with Crippen molar-refractivity contribution >= 4 is 28.4 Å². The lowest BCUT2D eigenvalue weighted by Crippen LogP contribution is -2.53. The van der Waals surface area contributed by atoms with Gasteiger partial charge in [0.2, 0.25) is 11.8 Å². The molecule has 1 aliphatic carbocycles. The molecule has 1 saturated heterocycles. The molecule has 2 aliphatic rings. The average Bonchev–Trinajstić information content (AvgIpc) is 2.94. The zero-order chi connectivity index (χ0) is 16.7. The molecule has 1 saturated carbocycles. The van der Waals surface area contributed by atoms with Gasteiger partial charge in [-0.25, -0.2) is 0 Å². The monoisotopic (exact) mass is 325 g/mol. The number of anilines is 1. The van der Waals surface area contributed by atoms with E-state index in [1.807, 2.05) is 37.5 Å². The Labute approximate surface area is 141 Å². The molecular weight excluding hydrogens is 302 g/mol. The molecule has 2 heterocycles. The molecule has 0 radical (unpaired) electrons. The second-order valence-corrected chi connectivity index (χ2v) is 7.12. The van der Waals surface area contributed by atoms with Crippen LogP contribution < -0.4 is 10.6 Å². The van der Waals surface area contributed by atoms with Crippen LogP contribution in [0, 0.1) is 11.8 Å². The van der Waals surface area contributed by atoms with Crippen molar-refractivity contribution in [3.8, 4) is 0 Å². The highest BCUT2D eigenvalue weighted by molar-refractivity contribution is 5.97. The first-order chi connectivity index (χ1) is 11.6. The predicted molar refractivity (Wildman–Crippen MR) is 93.5 cm³/mol. The van der Waals surface area contributed by atoms with Crippen molar-refractivity contribution in [1.82, 2.24) is 9.88 Å². The van der Waals surface area contributed by atoms with Crippen molar-refractivity contribution in [3.63, 3.8) is 0 Å². The Morgan fingerprint density at radius 2 is 2.08 bits per heavy atom. The molecule has 5 nitrogen and oxygen atoms in total. The molecule has 1 aliphatic heterocycles. The Hall–Kier alpha value is -2.30. The van der Waals surface area contributed by atoms with E-state index in [2.05, 4.69) is 15.2 Å². The molecule has 2 aromatic rings. The van der Waals surface area contributed by atoms with Crippen LogP contribution in [0.1, 0.15) is 32.1 Å². The van der Waals surface area contributed by atoms with Crippen molar-refractivity contribution in [3.05, 3.63) is 30.5 Å². The van der Waals surface area contributed by atoms with E-state index in [9.17, 15) is 9.59 Å². The predicted octanol–water partition coefficient (Wildman–Crippen LogP) is 2.81. The SMILES string of the molecule is Cn1ccc2cc(NC(=O)C3CC(=O)NC4CCCCC43)ccc21. The molecule has 3 unspecified atom stereocenters. The second-order valence-electron chi connectivity index (χ2n) is 7.12. The van der Waals surface area contributed by atoms with Gasteiger partial charge in [0.15, 0.2) is 0 Å². The van der Waals surface area contributed by atoms with E-state index in [1.165, 1.54) is 0 Å². The fraction of sp³-hybridized carbons (Fsp3) is 0.474. The van der Waals surface area contributed by atoms with Gasteiger partial charge >= 0.3 is 0 Å². The Morgan fingerprint density at radius 3 is 2.96 bits per heavy atom. The lowest BCUT2D eigenvalue weighted by Gasteiger charge is -2.40. The Bertz CT molecular complexity index is 795. The van der Waals surface area contributed by atoms with Gasteiger partial charge in [0.05, 0.1) is 5.92 Å². The molecule has 0 bridgehead atoms. The van der Waals surface area contributed by atoms with E-state index in [-0.39, 0.29) is 29.7 Å². The third-order valence-corrected chi connectivity index (χ3v) is 5.58. The quantitative estimate of drug-likeness (QED) is 0.892. The lowest BCUT2D eigenvalue weighted by molar-refractivity contribution is -0.134.